The second kappa shape index (κ2) is 9.05. The standard InChI is InChI=1S/C18H20ClN3O2/c1-2-21-18(24)13-7-9-15(10-8-13)22-17(23)12-20-11-14-5-3-4-6-16(14)19/h3-10,20H,2,11-12H2,1H3,(H,21,24)(H,22,23). The number of amides is 2. The molecule has 0 aliphatic carbocycles. The molecule has 0 unspecified atom stereocenters. The Morgan fingerprint density at radius 2 is 1.75 bits per heavy atom. The number of nitrogens with one attached hydrogen (secondary N) is 3. The number of hydrogen-bond acceptors (Lipinski definition) is 3. The van der Waals surface area contributed by atoms with Crippen LogP contribution in [-0.4, -0.2) is 24.9 Å². The summed E-state index contributed by atoms with van der Waals surface area (Å²) in [5.41, 5.74) is 2.15. The SMILES string of the molecule is CCNC(=O)c1ccc(NC(=O)CNCc2ccccc2Cl)cc1. The number of rotatable bonds is 7. The smallest absolute Gasteiger partial charge is 0.251 e. The van der Waals surface area contributed by atoms with Gasteiger partial charge in [0.2, 0.25) is 5.91 Å². The lowest BCUT2D eigenvalue weighted by atomic mass is 10.2. The minimum absolute atomic E-state index is 0.128. The maximum Gasteiger partial charge on any atom is 0.251 e. The molecule has 6 heteroatoms. The van der Waals surface area contributed by atoms with E-state index in [4.69, 9.17) is 11.6 Å². The summed E-state index contributed by atoms with van der Waals surface area (Å²) in [6.45, 7) is 3.13. The zero-order valence-electron chi connectivity index (χ0n) is 13.4. The van der Waals surface area contributed by atoms with Crippen LogP contribution in [0.4, 0.5) is 5.69 Å². The molecule has 0 aliphatic rings. The summed E-state index contributed by atoms with van der Waals surface area (Å²) < 4.78 is 0. The van der Waals surface area contributed by atoms with Crippen molar-refractivity contribution in [2.75, 3.05) is 18.4 Å². The minimum Gasteiger partial charge on any atom is -0.352 e. The molecule has 0 fully saturated rings. The number of anilines is 1. The molecule has 2 rings (SSSR count). The van der Waals surface area contributed by atoms with Crippen molar-refractivity contribution < 1.29 is 9.59 Å². The van der Waals surface area contributed by atoms with Crippen molar-refractivity contribution >= 4 is 29.1 Å². The van der Waals surface area contributed by atoms with Crippen LogP contribution in [0.3, 0.4) is 0 Å². The van der Waals surface area contributed by atoms with E-state index in [1.165, 1.54) is 0 Å². The number of carbonyl (C=O) groups excluding carboxylic acids is 2. The van der Waals surface area contributed by atoms with Crippen LogP contribution in [0, 0.1) is 0 Å². The second-order valence-corrected chi connectivity index (χ2v) is 5.59. The molecule has 0 heterocycles. The van der Waals surface area contributed by atoms with Gasteiger partial charge in [-0.05, 0) is 42.8 Å². The van der Waals surface area contributed by atoms with Gasteiger partial charge in [0.05, 0.1) is 6.54 Å². The lowest BCUT2D eigenvalue weighted by molar-refractivity contribution is -0.115. The summed E-state index contributed by atoms with van der Waals surface area (Å²) in [6.07, 6.45) is 0. The Kier molecular flexibility index (Phi) is 6.78. The van der Waals surface area contributed by atoms with Gasteiger partial charge in [0.1, 0.15) is 0 Å². The Morgan fingerprint density at radius 3 is 2.42 bits per heavy atom. The second-order valence-electron chi connectivity index (χ2n) is 5.18. The Bertz CT molecular complexity index is 702. The van der Waals surface area contributed by atoms with Crippen LogP contribution in [0.2, 0.25) is 5.02 Å². The highest BCUT2D eigenvalue weighted by Crippen LogP contribution is 2.14. The number of halogens is 1. The molecule has 0 saturated heterocycles. The fraction of sp³-hybridized carbons (Fsp3) is 0.222. The first-order valence-corrected chi connectivity index (χ1v) is 8.10. The number of carbonyl (C=O) groups is 2. The average molecular weight is 346 g/mol. The van der Waals surface area contributed by atoms with Crippen LogP contribution in [-0.2, 0) is 11.3 Å². The Labute approximate surface area is 146 Å². The zero-order chi connectivity index (χ0) is 17.4. The summed E-state index contributed by atoms with van der Waals surface area (Å²) in [4.78, 5) is 23.6. The first kappa shape index (κ1) is 18.0. The van der Waals surface area contributed by atoms with Crippen LogP contribution >= 0.6 is 11.6 Å². The van der Waals surface area contributed by atoms with Crippen molar-refractivity contribution in [3.63, 3.8) is 0 Å². The third kappa shape index (κ3) is 5.37. The van der Waals surface area contributed by atoms with Crippen molar-refractivity contribution in [3.05, 3.63) is 64.7 Å². The third-order valence-electron chi connectivity index (χ3n) is 3.33. The molecule has 0 aliphatic heterocycles. The van der Waals surface area contributed by atoms with E-state index in [1.807, 2.05) is 31.2 Å². The molecule has 24 heavy (non-hydrogen) atoms. The van der Waals surface area contributed by atoms with Crippen molar-refractivity contribution in [1.82, 2.24) is 10.6 Å². The van der Waals surface area contributed by atoms with Gasteiger partial charge in [0.25, 0.3) is 5.91 Å². The van der Waals surface area contributed by atoms with Crippen LogP contribution in [0.1, 0.15) is 22.8 Å². The highest BCUT2D eigenvalue weighted by atomic mass is 35.5. The summed E-state index contributed by atoms with van der Waals surface area (Å²) in [5, 5.41) is 9.22. The highest BCUT2D eigenvalue weighted by Gasteiger charge is 2.06. The Morgan fingerprint density at radius 1 is 1.04 bits per heavy atom. The number of benzene rings is 2. The molecule has 0 spiro atoms. The van der Waals surface area contributed by atoms with Crippen molar-refractivity contribution in [1.29, 1.82) is 0 Å². The summed E-state index contributed by atoms with van der Waals surface area (Å²) in [5.74, 6) is -0.287. The molecule has 2 aromatic carbocycles. The van der Waals surface area contributed by atoms with E-state index < -0.39 is 0 Å². The molecule has 0 radical (unpaired) electrons. The van der Waals surface area contributed by atoms with Gasteiger partial charge in [0, 0.05) is 29.4 Å². The highest BCUT2D eigenvalue weighted by molar-refractivity contribution is 6.31. The van der Waals surface area contributed by atoms with Gasteiger partial charge in [-0.15, -0.1) is 0 Å². The minimum atomic E-state index is -0.159. The van der Waals surface area contributed by atoms with E-state index in [9.17, 15) is 9.59 Å². The van der Waals surface area contributed by atoms with Crippen molar-refractivity contribution in [2.45, 2.75) is 13.5 Å². The molecule has 126 valence electrons. The van der Waals surface area contributed by atoms with Gasteiger partial charge < -0.3 is 16.0 Å². The molecule has 2 aromatic rings. The molecule has 0 atom stereocenters. The zero-order valence-corrected chi connectivity index (χ0v) is 14.2. The first-order chi connectivity index (χ1) is 11.6. The van der Waals surface area contributed by atoms with Crippen LogP contribution in [0.5, 0.6) is 0 Å². The first-order valence-electron chi connectivity index (χ1n) is 7.72. The normalized spacial score (nSPS) is 10.2. The molecular weight excluding hydrogens is 326 g/mol. The molecular formula is C18H20ClN3O2. The Hall–Kier alpha value is -2.37. The summed E-state index contributed by atoms with van der Waals surface area (Å²) in [7, 11) is 0. The van der Waals surface area contributed by atoms with Gasteiger partial charge in [-0.3, -0.25) is 9.59 Å². The molecule has 0 saturated carbocycles. The van der Waals surface area contributed by atoms with Crippen LogP contribution in [0.25, 0.3) is 0 Å². The summed E-state index contributed by atoms with van der Waals surface area (Å²) in [6, 6.07) is 14.3. The Balaban J connectivity index is 1.80. The monoisotopic (exact) mass is 345 g/mol. The van der Waals surface area contributed by atoms with Crippen molar-refractivity contribution in [2.24, 2.45) is 0 Å². The third-order valence-corrected chi connectivity index (χ3v) is 3.70. The van der Waals surface area contributed by atoms with Gasteiger partial charge in [-0.2, -0.15) is 0 Å². The molecule has 5 nitrogen and oxygen atoms in total. The predicted octanol–water partition coefficient (Wildman–Crippen LogP) is 2.82. The van der Waals surface area contributed by atoms with Gasteiger partial charge in [-0.1, -0.05) is 29.8 Å². The van der Waals surface area contributed by atoms with E-state index in [0.717, 1.165) is 5.56 Å². The van der Waals surface area contributed by atoms with E-state index in [-0.39, 0.29) is 18.4 Å². The topological polar surface area (TPSA) is 70.2 Å². The quantitative estimate of drug-likeness (QED) is 0.722. The predicted molar refractivity (Wildman–Crippen MR) is 96.2 cm³/mol. The van der Waals surface area contributed by atoms with E-state index >= 15 is 0 Å². The fourth-order valence-electron chi connectivity index (χ4n) is 2.13. The van der Waals surface area contributed by atoms with E-state index in [0.29, 0.717) is 29.4 Å². The van der Waals surface area contributed by atoms with E-state index in [2.05, 4.69) is 16.0 Å². The average Bonchev–Trinajstić information content (AvgIpc) is 2.57. The maximum absolute atomic E-state index is 11.9. The largest absolute Gasteiger partial charge is 0.352 e. The molecule has 3 N–H and O–H groups in total. The molecule has 0 aromatic heterocycles. The fourth-order valence-corrected chi connectivity index (χ4v) is 2.33. The lowest BCUT2D eigenvalue weighted by Gasteiger charge is -2.08. The summed E-state index contributed by atoms with van der Waals surface area (Å²) >= 11 is 6.06. The molecule has 2 amide bonds. The molecule has 0 bridgehead atoms. The van der Waals surface area contributed by atoms with Gasteiger partial charge >= 0.3 is 0 Å². The van der Waals surface area contributed by atoms with Crippen LogP contribution < -0.4 is 16.0 Å². The lowest BCUT2D eigenvalue weighted by Crippen LogP contribution is -2.28. The van der Waals surface area contributed by atoms with Crippen molar-refractivity contribution in [3.8, 4) is 0 Å². The maximum atomic E-state index is 11.9. The van der Waals surface area contributed by atoms with Gasteiger partial charge in [0.15, 0.2) is 0 Å². The van der Waals surface area contributed by atoms with E-state index in [1.54, 1.807) is 24.3 Å². The number of hydrogen-bond donors (Lipinski definition) is 3. The van der Waals surface area contributed by atoms with Gasteiger partial charge in [-0.25, -0.2) is 0 Å². The van der Waals surface area contributed by atoms with Crippen LogP contribution in [0.15, 0.2) is 48.5 Å².